The fourth-order valence-electron chi connectivity index (χ4n) is 2.06. The second-order valence-electron chi connectivity index (χ2n) is 6.65. The van der Waals surface area contributed by atoms with Crippen molar-refractivity contribution in [3.63, 3.8) is 0 Å². The molecular weight excluding hydrogens is 362 g/mol. The summed E-state index contributed by atoms with van der Waals surface area (Å²) in [5.74, 6) is -1.07. The molecule has 7 nitrogen and oxygen atoms in total. The lowest BCUT2D eigenvalue weighted by Gasteiger charge is -2.25. The van der Waals surface area contributed by atoms with Crippen molar-refractivity contribution < 1.29 is 28.6 Å². The Morgan fingerprint density at radius 1 is 0.923 bits per heavy atom. The van der Waals surface area contributed by atoms with Gasteiger partial charge in [0.2, 0.25) is 0 Å². The highest BCUT2D eigenvalue weighted by Crippen LogP contribution is 2.29. The largest absolute Gasteiger partial charge is 0.456 e. The van der Waals surface area contributed by atoms with Crippen LogP contribution in [0.2, 0.25) is 0 Å². The number of hydrogen-bond donors (Lipinski definition) is 1. The summed E-state index contributed by atoms with van der Waals surface area (Å²) < 4.78 is 15.5. The van der Waals surface area contributed by atoms with Gasteiger partial charge in [0.25, 0.3) is 0 Å². The normalized spacial score (nSPS) is 11.8. The van der Waals surface area contributed by atoms with Crippen LogP contribution in [0.25, 0.3) is 0 Å². The Morgan fingerprint density at radius 2 is 1.38 bits per heavy atom. The lowest BCUT2D eigenvalue weighted by molar-refractivity contribution is -0.146. The molecule has 1 rings (SSSR count). The predicted molar refractivity (Wildman–Crippen MR) is 98.6 cm³/mol. The summed E-state index contributed by atoms with van der Waals surface area (Å²) in [6.07, 6.45) is -0.637. The van der Waals surface area contributed by atoms with Crippen LogP contribution in [0.3, 0.4) is 0 Å². The SMILES string of the molecule is CC(=O)Oc1cc(OC(C)=O)cc([C@@H](CNC(C)(C)C)OC(C)=O)c1.Cl. The van der Waals surface area contributed by atoms with Crippen LogP contribution in [-0.2, 0) is 19.1 Å². The zero-order valence-corrected chi connectivity index (χ0v) is 16.7. The number of hydrogen-bond acceptors (Lipinski definition) is 7. The standard InChI is InChI=1S/C18H25NO6.ClH/c1-11(20)23-15-7-14(8-16(9-15)24-12(2)21)17(25-13(3)22)10-19-18(4,5)6;/h7-9,17,19H,10H2,1-6H3;1H/t17-;/m1./s1. The topological polar surface area (TPSA) is 90.9 Å². The van der Waals surface area contributed by atoms with Crippen molar-refractivity contribution in [3.05, 3.63) is 23.8 Å². The molecule has 0 aromatic heterocycles. The van der Waals surface area contributed by atoms with Crippen LogP contribution in [0.15, 0.2) is 18.2 Å². The highest BCUT2D eigenvalue weighted by Gasteiger charge is 2.21. The Kier molecular flexibility index (Phi) is 9.31. The molecule has 8 heteroatoms. The Morgan fingerprint density at radius 3 is 1.73 bits per heavy atom. The Labute approximate surface area is 159 Å². The summed E-state index contributed by atoms with van der Waals surface area (Å²) in [5, 5.41) is 3.25. The molecule has 0 amide bonds. The summed E-state index contributed by atoms with van der Waals surface area (Å²) in [5.41, 5.74) is 0.354. The quantitative estimate of drug-likeness (QED) is 0.592. The van der Waals surface area contributed by atoms with Crippen LogP contribution < -0.4 is 14.8 Å². The molecule has 0 aliphatic rings. The third-order valence-corrected chi connectivity index (χ3v) is 2.92. The zero-order valence-electron chi connectivity index (χ0n) is 15.9. The molecule has 0 saturated carbocycles. The Hall–Kier alpha value is -2.12. The summed E-state index contributed by atoms with van der Waals surface area (Å²) in [6.45, 7) is 10.1. The fourth-order valence-corrected chi connectivity index (χ4v) is 2.06. The molecule has 146 valence electrons. The number of nitrogens with one attached hydrogen (secondary N) is 1. The summed E-state index contributed by atoms with van der Waals surface area (Å²) in [7, 11) is 0. The van der Waals surface area contributed by atoms with Crippen LogP contribution in [0.5, 0.6) is 11.5 Å². The molecule has 26 heavy (non-hydrogen) atoms. The number of esters is 3. The number of benzene rings is 1. The average molecular weight is 388 g/mol. The second kappa shape index (κ2) is 10.1. The van der Waals surface area contributed by atoms with E-state index in [2.05, 4.69) is 5.32 Å². The predicted octanol–water partition coefficient (Wildman–Crippen LogP) is 2.95. The van der Waals surface area contributed by atoms with Gasteiger partial charge in [-0.05, 0) is 32.9 Å². The monoisotopic (exact) mass is 387 g/mol. The van der Waals surface area contributed by atoms with E-state index in [1.54, 1.807) is 12.1 Å². The molecule has 0 unspecified atom stereocenters. The van der Waals surface area contributed by atoms with E-state index in [1.165, 1.54) is 26.8 Å². The lowest BCUT2D eigenvalue weighted by Crippen LogP contribution is -2.39. The maximum Gasteiger partial charge on any atom is 0.308 e. The van der Waals surface area contributed by atoms with Gasteiger partial charge >= 0.3 is 17.9 Å². The number of halogens is 1. The number of ether oxygens (including phenoxy) is 3. The summed E-state index contributed by atoms with van der Waals surface area (Å²) in [6, 6.07) is 4.58. The molecular formula is C18H26ClNO6. The minimum Gasteiger partial charge on any atom is -0.456 e. The van der Waals surface area contributed by atoms with Crippen molar-refractivity contribution in [3.8, 4) is 11.5 Å². The zero-order chi connectivity index (χ0) is 19.2. The fraction of sp³-hybridized carbons (Fsp3) is 0.500. The van der Waals surface area contributed by atoms with Gasteiger partial charge in [-0.3, -0.25) is 14.4 Å². The average Bonchev–Trinajstić information content (AvgIpc) is 2.40. The molecule has 0 saturated heterocycles. The summed E-state index contributed by atoms with van der Waals surface area (Å²) in [4.78, 5) is 33.9. The third-order valence-electron chi connectivity index (χ3n) is 2.92. The number of rotatable bonds is 6. The molecule has 1 aromatic carbocycles. The molecule has 0 fully saturated rings. The van der Waals surface area contributed by atoms with Crippen molar-refractivity contribution in [1.29, 1.82) is 0 Å². The van der Waals surface area contributed by atoms with E-state index in [4.69, 9.17) is 14.2 Å². The lowest BCUT2D eigenvalue weighted by atomic mass is 10.1. The minimum atomic E-state index is -0.637. The first-order valence-electron chi connectivity index (χ1n) is 7.90. The molecule has 1 atom stereocenters. The van der Waals surface area contributed by atoms with Crippen molar-refractivity contribution in [1.82, 2.24) is 5.32 Å². The van der Waals surface area contributed by atoms with E-state index >= 15 is 0 Å². The van der Waals surface area contributed by atoms with Gasteiger partial charge in [0.05, 0.1) is 0 Å². The summed E-state index contributed by atoms with van der Waals surface area (Å²) >= 11 is 0. The molecule has 0 radical (unpaired) electrons. The third kappa shape index (κ3) is 9.39. The molecule has 1 N–H and O–H groups in total. The molecule has 0 aliphatic heterocycles. The van der Waals surface area contributed by atoms with Crippen LogP contribution in [0, 0.1) is 0 Å². The van der Waals surface area contributed by atoms with Gasteiger partial charge in [-0.1, -0.05) is 0 Å². The van der Waals surface area contributed by atoms with Gasteiger partial charge in [0, 0.05) is 44.5 Å². The number of carbonyl (C=O) groups is 3. The molecule has 0 bridgehead atoms. The van der Waals surface area contributed by atoms with E-state index in [0.717, 1.165) is 0 Å². The minimum absolute atomic E-state index is 0. The second-order valence-corrected chi connectivity index (χ2v) is 6.65. The molecule has 0 aliphatic carbocycles. The Balaban J connectivity index is 0.00000625. The van der Waals surface area contributed by atoms with Gasteiger partial charge in [0.15, 0.2) is 0 Å². The van der Waals surface area contributed by atoms with Crippen molar-refractivity contribution in [2.75, 3.05) is 6.54 Å². The van der Waals surface area contributed by atoms with Crippen LogP contribution >= 0.6 is 12.4 Å². The Bertz CT molecular complexity index is 619. The smallest absolute Gasteiger partial charge is 0.308 e. The van der Waals surface area contributed by atoms with E-state index in [1.807, 2.05) is 20.8 Å². The van der Waals surface area contributed by atoms with E-state index in [9.17, 15) is 14.4 Å². The van der Waals surface area contributed by atoms with Gasteiger partial charge in [-0.2, -0.15) is 0 Å². The molecule has 1 aromatic rings. The van der Waals surface area contributed by atoms with E-state index < -0.39 is 24.0 Å². The van der Waals surface area contributed by atoms with E-state index in [-0.39, 0.29) is 29.4 Å². The van der Waals surface area contributed by atoms with Gasteiger partial charge < -0.3 is 19.5 Å². The first-order chi connectivity index (χ1) is 11.5. The maximum absolute atomic E-state index is 11.5. The highest BCUT2D eigenvalue weighted by atomic mass is 35.5. The molecule has 0 spiro atoms. The van der Waals surface area contributed by atoms with Crippen molar-refractivity contribution in [2.45, 2.75) is 53.2 Å². The van der Waals surface area contributed by atoms with Crippen molar-refractivity contribution in [2.24, 2.45) is 0 Å². The highest BCUT2D eigenvalue weighted by molar-refractivity contribution is 5.85. The van der Waals surface area contributed by atoms with Gasteiger partial charge in [-0.15, -0.1) is 12.4 Å². The number of carbonyl (C=O) groups excluding carboxylic acids is 3. The first kappa shape index (κ1) is 23.9. The van der Waals surface area contributed by atoms with E-state index in [0.29, 0.717) is 12.1 Å². The van der Waals surface area contributed by atoms with Gasteiger partial charge in [-0.25, -0.2) is 0 Å². The maximum atomic E-state index is 11.5. The van der Waals surface area contributed by atoms with Crippen LogP contribution in [0.4, 0.5) is 0 Å². The molecule has 0 heterocycles. The van der Waals surface area contributed by atoms with Gasteiger partial charge in [0.1, 0.15) is 17.6 Å². The first-order valence-corrected chi connectivity index (χ1v) is 7.90. The van der Waals surface area contributed by atoms with Crippen molar-refractivity contribution >= 4 is 30.3 Å². The van der Waals surface area contributed by atoms with Crippen LogP contribution in [-0.4, -0.2) is 30.0 Å². The van der Waals surface area contributed by atoms with Crippen LogP contribution in [0.1, 0.15) is 53.2 Å².